The fraction of sp³-hybridized carbons (Fsp3) is 0.500. The fourth-order valence-corrected chi connectivity index (χ4v) is 2.87. The van der Waals surface area contributed by atoms with Crippen LogP contribution in [0.4, 0.5) is 5.82 Å². The maximum absolute atomic E-state index is 4.74. The second-order valence-electron chi connectivity index (χ2n) is 5.88. The van der Waals surface area contributed by atoms with Crippen LogP contribution < -0.4 is 10.6 Å². The lowest BCUT2D eigenvalue weighted by atomic mass is 10.0. The summed E-state index contributed by atoms with van der Waals surface area (Å²) in [5, 5.41) is 7.04. The molecule has 1 fully saturated rings. The molecule has 0 radical (unpaired) electrons. The summed E-state index contributed by atoms with van der Waals surface area (Å²) in [6, 6.07) is 7.19. The highest BCUT2D eigenvalue weighted by molar-refractivity contribution is 5.57. The Labute approximate surface area is 125 Å². The summed E-state index contributed by atoms with van der Waals surface area (Å²) in [6.45, 7) is 5.30. The number of hydrogen-bond acceptors (Lipinski definition) is 4. The number of nitrogens with one attached hydrogen (secondary N) is 2. The summed E-state index contributed by atoms with van der Waals surface area (Å²) in [5.74, 6) is 1.95. The van der Waals surface area contributed by atoms with Crippen LogP contribution in [-0.4, -0.2) is 33.2 Å². The van der Waals surface area contributed by atoms with E-state index in [2.05, 4.69) is 33.2 Å². The van der Waals surface area contributed by atoms with Crippen LogP contribution in [-0.2, 0) is 7.05 Å². The van der Waals surface area contributed by atoms with E-state index in [9.17, 15) is 0 Å². The molecule has 3 heterocycles. The zero-order valence-electron chi connectivity index (χ0n) is 12.9. The highest BCUT2D eigenvalue weighted by atomic mass is 15.1. The van der Waals surface area contributed by atoms with Gasteiger partial charge in [0.15, 0.2) is 0 Å². The van der Waals surface area contributed by atoms with E-state index in [1.54, 1.807) is 0 Å². The first kappa shape index (κ1) is 14.1. The zero-order chi connectivity index (χ0) is 14.8. The Morgan fingerprint density at radius 2 is 2.24 bits per heavy atom. The second kappa shape index (κ2) is 5.85. The third kappa shape index (κ3) is 3.08. The van der Waals surface area contributed by atoms with Gasteiger partial charge in [0.1, 0.15) is 11.6 Å². The van der Waals surface area contributed by atoms with Crippen molar-refractivity contribution in [1.82, 2.24) is 19.9 Å². The lowest BCUT2D eigenvalue weighted by Gasteiger charge is -2.29. The van der Waals surface area contributed by atoms with E-state index < -0.39 is 0 Å². The molecule has 1 saturated heterocycles. The number of piperidine rings is 1. The standard InChI is InChI=1S/C16H23N5/c1-11-9-13(7-8-17-11)19-16-6-4-5-14(20-16)15-10-18-12(2)21(15)3/h4-6,10-11,13,17H,7-9H2,1-3H3,(H,19,20). The lowest BCUT2D eigenvalue weighted by molar-refractivity contribution is 0.396. The van der Waals surface area contributed by atoms with Crippen LogP contribution in [0.15, 0.2) is 24.4 Å². The highest BCUT2D eigenvalue weighted by Gasteiger charge is 2.18. The predicted octanol–water partition coefficient (Wildman–Crippen LogP) is 2.34. The van der Waals surface area contributed by atoms with Crippen molar-refractivity contribution in [2.24, 2.45) is 7.05 Å². The molecule has 0 saturated carbocycles. The Bertz CT molecular complexity index is 619. The SMILES string of the molecule is Cc1ncc(-c2cccc(NC3CCNC(C)C3)n2)n1C. The Kier molecular flexibility index (Phi) is 3.92. The number of nitrogens with zero attached hydrogens (tertiary/aromatic N) is 3. The maximum atomic E-state index is 4.74. The van der Waals surface area contributed by atoms with Crippen molar-refractivity contribution in [2.75, 3.05) is 11.9 Å². The zero-order valence-corrected chi connectivity index (χ0v) is 12.9. The molecule has 5 nitrogen and oxygen atoms in total. The van der Waals surface area contributed by atoms with Crippen LogP contribution in [0.2, 0.25) is 0 Å². The number of hydrogen-bond donors (Lipinski definition) is 2. The molecule has 1 aliphatic heterocycles. The third-order valence-electron chi connectivity index (χ3n) is 4.21. The molecule has 1 aliphatic rings. The fourth-order valence-electron chi connectivity index (χ4n) is 2.87. The average Bonchev–Trinajstić information content (AvgIpc) is 2.79. The van der Waals surface area contributed by atoms with E-state index in [4.69, 9.17) is 4.98 Å². The van der Waals surface area contributed by atoms with Crippen LogP contribution in [0.3, 0.4) is 0 Å². The van der Waals surface area contributed by atoms with Gasteiger partial charge in [-0.25, -0.2) is 9.97 Å². The summed E-state index contributed by atoms with van der Waals surface area (Å²) in [4.78, 5) is 9.09. The van der Waals surface area contributed by atoms with Crippen molar-refractivity contribution in [1.29, 1.82) is 0 Å². The molecule has 3 rings (SSSR count). The van der Waals surface area contributed by atoms with Crippen LogP contribution in [0.25, 0.3) is 11.4 Å². The van der Waals surface area contributed by atoms with Crippen LogP contribution in [0.5, 0.6) is 0 Å². The third-order valence-corrected chi connectivity index (χ3v) is 4.21. The summed E-state index contributed by atoms with van der Waals surface area (Å²) < 4.78 is 2.07. The minimum absolute atomic E-state index is 0.497. The molecule has 2 unspecified atom stereocenters. The summed E-state index contributed by atoms with van der Waals surface area (Å²) in [7, 11) is 2.02. The van der Waals surface area contributed by atoms with Crippen LogP contribution in [0.1, 0.15) is 25.6 Å². The molecule has 112 valence electrons. The molecule has 5 heteroatoms. The van der Waals surface area contributed by atoms with Gasteiger partial charge in [0.25, 0.3) is 0 Å². The van der Waals surface area contributed by atoms with Crippen molar-refractivity contribution in [2.45, 2.75) is 38.8 Å². The van der Waals surface area contributed by atoms with E-state index in [0.717, 1.165) is 42.4 Å². The first-order valence-corrected chi connectivity index (χ1v) is 7.59. The van der Waals surface area contributed by atoms with Crippen molar-refractivity contribution in [3.63, 3.8) is 0 Å². The number of pyridine rings is 1. The molecule has 2 atom stereocenters. The normalized spacial score (nSPS) is 22.2. The summed E-state index contributed by atoms with van der Waals surface area (Å²) in [5.41, 5.74) is 2.01. The van der Waals surface area contributed by atoms with Gasteiger partial charge in [0.05, 0.1) is 17.6 Å². The lowest BCUT2D eigenvalue weighted by Crippen LogP contribution is -2.41. The Balaban J connectivity index is 1.78. The smallest absolute Gasteiger partial charge is 0.126 e. The second-order valence-corrected chi connectivity index (χ2v) is 5.88. The summed E-state index contributed by atoms with van der Waals surface area (Å²) >= 11 is 0. The van der Waals surface area contributed by atoms with Gasteiger partial charge in [-0.3, -0.25) is 0 Å². The first-order valence-electron chi connectivity index (χ1n) is 7.59. The van der Waals surface area contributed by atoms with Crippen molar-refractivity contribution in [3.8, 4) is 11.4 Å². The van der Waals surface area contributed by atoms with Gasteiger partial charge in [-0.2, -0.15) is 0 Å². The van der Waals surface area contributed by atoms with Crippen molar-refractivity contribution < 1.29 is 0 Å². The monoisotopic (exact) mass is 285 g/mol. The van der Waals surface area contributed by atoms with Gasteiger partial charge < -0.3 is 15.2 Å². The minimum atomic E-state index is 0.497. The molecule has 21 heavy (non-hydrogen) atoms. The molecule has 0 aliphatic carbocycles. The Morgan fingerprint density at radius 1 is 1.38 bits per heavy atom. The number of aromatic nitrogens is 3. The van der Waals surface area contributed by atoms with Gasteiger partial charge in [-0.1, -0.05) is 6.07 Å². The van der Waals surface area contributed by atoms with Crippen molar-refractivity contribution in [3.05, 3.63) is 30.2 Å². The van der Waals surface area contributed by atoms with Gasteiger partial charge in [-0.05, 0) is 45.4 Å². The Hall–Kier alpha value is -1.88. The minimum Gasteiger partial charge on any atom is -0.367 e. The molecule has 2 aromatic heterocycles. The number of anilines is 1. The van der Waals surface area contributed by atoms with E-state index >= 15 is 0 Å². The van der Waals surface area contributed by atoms with E-state index in [-0.39, 0.29) is 0 Å². The van der Waals surface area contributed by atoms with Crippen LogP contribution in [0, 0.1) is 6.92 Å². The molecular formula is C16H23N5. The molecule has 0 bridgehead atoms. The molecule has 0 spiro atoms. The maximum Gasteiger partial charge on any atom is 0.126 e. The topological polar surface area (TPSA) is 54.8 Å². The molecule has 0 amide bonds. The molecule has 2 aromatic rings. The average molecular weight is 285 g/mol. The number of rotatable bonds is 3. The van der Waals surface area contributed by atoms with E-state index in [1.165, 1.54) is 0 Å². The van der Waals surface area contributed by atoms with Gasteiger partial charge >= 0.3 is 0 Å². The van der Waals surface area contributed by atoms with Gasteiger partial charge in [0.2, 0.25) is 0 Å². The van der Waals surface area contributed by atoms with Crippen molar-refractivity contribution >= 4 is 5.82 Å². The van der Waals surface area contributed by atoms with Crippen LogP contribution >= 0.6 is 0 Å². The van der Waals surface area contributed by atoms with E-state index in [1.807, 2.05) is 32.3 Å². The van der Waals surface area contributed by atoms with E-state index in [0.29, 0.717) is 12.1 Å². The molecule has 2 N–H and O–H groups in total. The van der Waals surface area contributed by atoms with Gasteiger partial charge in [-0.15, -0.1) is 0 Å². The highest BCUT2D eigenvalue weighted by Crippen LogP contribution is 2.21. The summed E-state index contributed by atoms with van der Waals surface area (Å²) in [6.07, 6.45) is 4.16. The predicted molar refractivity (Wildman–Crippen MR) is 85.3 cm³/mol. The molecular weight excluding hydrogens is 262 g/mol. The quantitative estimate of drug-likeness (QED) is 0.909. The number of aryl methyl sites for hydroxylation is 1. The largest absolute Gasteiger partial charge is 0.367 e. The number of imidazole rings is 1. The Morgan fingerprint density at radius 3 is 2.95 bits per heavy atom. The first-order chi connectivity index (χ1) is 10.1. The van der Waals surface area contributed by atoms with Gasteiger partial charge in [0, 0.05) is 19.1 Å². The molecule has 0 aromatic carbocycles.